The van der Waals surface area contributed by atoms with E-state index >= 15 is 0 Å². The van der Waals surface area contributed by atoms with Crippen molar-refractivity contribution in [3.8, 4) is 0 Å². The Kier molecular flexibility index (Phi) is 4.12. The van der Waals surface area contributed by atoms with Crippen LogP contribution in [-0.4, -0.2) is 33.6 Å². The first-order valence-electron chi connectivity index (χ1n) is 6.13. The molecule has 1 saturated heterocycles. The molecule has 3 nitrogen and oxygen atoms in total. The van der Waals surface area contributed by atoms with Gasteiger partial charge in [-0.1, -0.05) is 26.1 Å². The summed E-state index contributed by atoms with van der Waals surface area (Å²) in [5.41, 5.74) is 6.56. The smallest absolute Gasteiger partial charge is 0.129 e. The van der Waals surface area contributed by atoms with Crippen LogP contribution in [0.25, 0.3) is 0 Å². The zero-order valence-electron chi connectivity index (χ0n) is 10.8. The molecule has 1 aromatic heterocycles. The first-order chi connectivity index (χ1) is 8.48. The first kappa shape index (κ1) is 13.6. The quantitative estimate of drug-likeness (QED) is 0.843. The summed E-state index contributed by atoms with van der Waals surface area (Å²) in [4.78, 5) is 7.19. The highest BCUT2D eigenvalue weighted by atomic mass is 32.2. The number of pyridine rings is 1. The van der Waals surface area contributed by atoms with Gasteiger partial charge in [0.1, 0.15) is 10.8 Å². The average molecular weight is 281 g/mol. The van der Waals surface area contributed by atoms with E-state index in [9.17, 15) is 0 Å². The van der Waals surface area contributed by atoms with Crippen LogP contribution >= 0.6 is 24.0 Å². The Morgan fingerprint density at radius 3 is 3.00 bits per heavy atom. The molecule has 2 N–H and O–H groups in total. The summed E-state index contributed by atoms with van der Waals surface area (Å²) in [5.74, 6) is 2.12. The highest BCUT2D eigenvalue weighted by Crippen LogP contribution is 2.31. The Morgan fingerprint density at radius 2 is 2.28 bits per heavy atom. The van der Waals surface area contributed by atoms with E-state index in [-0.39, 0.29) is 0 Å². The molecule has 0 amide bonds. The Labute approximate surface area is 118 Å². The second-order valence-corrected chi connectivity index (χ2v) is 7.35. The van der Waals surface area contributed by atoms with Gasteiger partial charge in [0.15, 0.2) is 0 Å². The number of thioether (sulfide) groups is 1. The predicted octanol–water partition coefficient (Wildman–Crippen LogP) is 2.44. The van der Waals surface area contributed by atoms with Crippen molar-refractivity contribution in [2.24, 2.45) is 5.73 Å². The molecule has 18 heavy (non-hydrogen) atoms. The molecule has 0 aromatic carbocycles. The first-order valence-corrected chi connectivity index (χ1v) is 7.52. The average Bonchev–Trinajstić information content (AvgIpc) is 2.50. The summed E-state index contributed by atoms with van der Waals surface area (Å²) in [5, 5.41) is 0. The van der Waals surface area contributed by atoms with Gasteiger partial charge in [0.25, 0.3) is 0 Å². The summed E-state index contributed by atoms with van der Waals surface area (Å²) in [7, 11) is 0. The third-order valence-electron chi connectivity index (χ3n) is 3.19. The third kappa shape index (κ3) is 3.36. The summed E-state index contributed by atoms with van der Waals surface area (Å²) >= 11 is 7.04. The molecular weight excluding hydrogens is 262 g/mol. The van der Waals surface area contributed by atoms with Gasteiger partial charge in [0, 0.05) is 35.3 Å². The van der Waals surface area contributed by atoms with E-state index in [1.807, 2.05) is 23.9 Å². The molecule has 0 aliphatic carbocycles. The van der Waals surface area contributed by atoms with Crippen molar-refractivity contribution in [1.82, 2.24) is 4.98 Å². The van der Waals surface area contributed by atoms with Crippen LogP contribution in [0.2, 0.25) is 0 Å². The molecular formula is C13H19N3S2. The van der Waals surface area contributed by atoms with Gasteiger partial charge in [-0.15, -0.1) is 0 Å². The molecule has 1 aliphatic heterocycles. The molecule has 1 fully saturated rings. The minimum atomic E-state index is 0.357. The maximum atomic E-state index is 5.67. The summed E-state index contributed by atoms with van der Waals surface area (Å²) in [6.45, 7) is 6.68. The van der Waals surface area contributed by atoms with Crippen LogP contribution < -0.4 is 10.6 Å². The Morgan fingerprint density at radius 1 is 1.50 bits per heavy atom. The lowest BCUT2D eigenvalue weighted by atomic mass is 10.1. The molecule has 98 valence electrons. The number of thiocarbonyl (C=S) groups is 1. The number of hydrogen-bond donors (Lipinski definition) is 1. The maximum absolute atomic E-state index is 5.67. The van der Waals surface area contributed by atoms with Crippen molar-refractivity contribution in [2.75, 3.05) is 23.7 Å². The Bertz CT molecular complexity index is 446. The molecule has 0 spiro atoms. The number of nitrogens with zero attached hydrogens (tertiary/aromatic N) is 2. The second-order valence-electron chi connectivity index (χ2n) is 5.11. The van der Waals surface area contributed by atoms with Gasteiger partial charge in [-0.3, -0.25) is 0 Å². The molecule has 2 heterocycles. The number of rotatable bonds is 2. The number of hydrogen-bond acceptors (Lipinski definition) is 4. The fraction of sp³-hybridized carbons (Fsp3) is 0.538. The highest BCUT2D eigenvalue weighted by molar-refractivity contribution is 8.00. The predicted molar refractivity (Wildman–Crippen MR) is 83.5 cm³/mol. The molecule has 0 bridgehead atoms. The largest absolute Gasteiger partial charge is 0.389 e. The highest BCUT2D eigenvalue weighted by Gasteiger charge is 2.24. The van der Waals surface area contributed by atoms with Gasteiger partial charge in [0.05, 0.1) is 0 Å². The lowest BCUT2D eigenvalue weighted by Crippen LogP contribution is -2.28. The molecule has 0 unspecified atom stereocenters. The van der Waals surface area contributed by atoms with Crippen LogP contribution in [0, 0.1) is 0 Å². The molecule has 1 aliphatic rings. The molecule has 0 saturated carbocycles. The maximum Gasteiger partial charge on any atom is 0.129 e. The Balaban J connectivity index is 2.16. The van der Waals surface area contributed by atoms with Crippen molar-refractivity contribution in [3.05, 3.63) is 23.9 Å². The lowest BCUT2D eigenvalue weighted by Gasteiger charge is -2.23. The van der Waals surface area contributed by atoms with Crippen molar-refractivity contribution in [1.29, 1.82) is 0 Å². The van der Waals surface area contributed by atoms with Gasteiger partial charge >= 0.3 is 0 Å². The zero-order valence-corrected chi connectivity index (χ0v) is 12.5. The van der Waals surface area contributed by atoms with E-state index in [0.29, 0.717) is 9.74 Å². The van der Waals surface area contributed by atoms with Crippen molar-refractivity contribution >= 4 is 34.8 Å². The second kappa shape index (κ2) is 5.45. The number of nitrogens with two attached hydrogens (primary N) is 1. The van der Waals surface area contributed by atoms with Crippen LogP contribution in [0.3, 0.4) is 0 Å². The summed E-state index contributed by atoms with van der Waals surface area (Å²) in [6, 6.07) is 3.85. The van der Waals surface area contributed by atoms with Crippen molar-refractivity contribution < 1.29 is 0 Å². The fourth-order valence-corrected chi connectivity index (χ4v) is 3.22. The van der Waals surface area contributed by atoms with Gasteiger partial charge in [0.2, 0.25) is 0 Å². The lowest BCUT2D eigenvalue weighted by molar-refractivity contribution is 0.635. The van der Waals surface area contributed by atoms with Crippen LogP contribution in [0.15, 0.2) is 18.3 Å². The van der Waals surface area contributed by atoms with Crippen molar-refractivity contribution in [2.45, 2.75) is 25.0 Å². The van der Waals surface area contributed by atoms with Gasteiger partial charge < -0.3 is 10.6 Å². The normalized spacial score (nSPS) is 19.3. The van der Waals surface area contributed by atoms with Gasteiger partial charge in [-0.25, -0.2) is 4.98 Å². The van der Waals surface area contributed by atoms with Gasteiger partial charge in [-0.05, 0) is 18.6 Å². The standard InChI is InChI=1S/C13H19N3S2/c1-13(2)4-6-16(7-8-18-13)11-9-10(12(14)17)3-5-15-11/h3,5,9H,4,6-8H2,1-2H3,(H2,14,17). The third-order valence-corrected chi connectivity index (χ3v) is 4.80. The van der Waals surface area contributed by atoms with Crippen LogP contribution in [0.4, 0.5) is 5.82 Å². The molecule has 0 atom stereocenters. The minimum absolute atomic E-state index is 0.357. The van der Waals surface area contributed by atoms with Crippen LogP contribution in [-0.2, 0) is 0 Å². The van der Waals surface area contributed by atoms with Gasteiger partial charge in [-0.2, -0.15) is 11.8 Å². The topological polar surface area (TPSA) is 42.1 Å². The SMILES string of the molecule is CC1(C)CCN(c2cc(C(N)=S)ccn2)CCS1. The summed E-state index contributed by atoms with van der Waals surface area (Å²) < 4.78 is 0.357. The monoisotopic (exact) mass is 281 g/mol. The Hall–Kier alpha value is -0.810. The van der Waals surface area contributed by atoms with Crippen molar-refractivity contribution in [3.63, 3.8) is 0 Å². The molecule has 0 radical (unpaired) electrons. The fourth-order valence-electron chi connectivity index (χ4n) is 1.99. The van der Waals surface area contributed by atoms with E-state index < -0.39 is 0 Å². The van der Waals surface area contributed by atoms with E-state index in [4.69, 9.17) is 18.0 Å². The van der Waals surface area contributed by atoms with E-state index in [0.717, 1.165) is 36.6 Å². The van der Waals surface area contributed by atoms with E-state index in [2.05, 4.69) is 23.7 Å². The van der Waals surface area contributed by atoms with Crippen LogP contribution in [0.5, 0.6) is 0 Å². The van der Waals surface area contributed by atoms with E-state index in [1.54, 1.807) is 6.20 Å². The molecule has 2 rings (SSSR count). The minimum Gasteiger partial charge on any atom is -0.389 e. The molecule has 5 heteroatoms. The van der Waals surface area contributed by atoms with E-state index in [1.165, 1.54) is 0 Å². The van der Waals surface area contributed by atoms with Crippen LogP contribution in [0.1, 0.15) is 25.8 Å². The summed E-state index contributed by atoms with van der Waals surface area (Å²) in [6.07, 6.45) is 2.95. The number of anilines is 1. The molecule has 1 aromatic rings. The zero-order chi connectivity index (χ0) is 13.2. The number of aromatic nitrogens is 1.